The number of carboxylic acids is 1. The van der Waals surface area contributed by atoms with Gasteiger partial charge in [0.25, 0.3) is 5.91 Å². The fourth-order valence-electron chi connectivity index (χ4n) is 3.09. The Hall–Kier alpha value is -3.92. The van der Waals surface area contributed by atoms with Crippen molar-refractivity contribution in [1.82, 2.24) is 15.3 Å². The smallest absolute Gasteiger partial charge is 0.326 e. The monoisotopic (exact) mass is 423 g/mol. The quantitative estimate of drug-likeness (QED) is 0.295. The Kier molecular flexibility index (Phi) is 6.83. The standard InChI is InChI=1S/C21H25N7O3/c22-9-1-2-17(20(30)31)26-19(29)13-4-6-14(7-5-13)25-11-12-3-8-16-15(10-12)18(23)28-21(24)27-16/h3-8,10,17,25H,1-2,9,11,22H2,(H,26,29)(H,30,31)(H4,23,24,27,28). The molecular formula is C21H25N7O3. The number of benzene rings is 2. The maximum Gasteiger partial charge on any atom is 0.326 e. The summed E-state index contributed by atoms with van der Waals surface area (Å²) in [5.41, 5.74) is 19.8. The van der Waals surface area contributed by atoms with Gasteiger partial charge in [-0.3, -0.25) is 4.79 Å². The van der Waals surface area contributed by atoms with Crippen molar-refractivity contribution in [2.75, 3.05) is 23.3 Å². The second-order valence-electron chi connectivity index (χ2n) is 7.04. The summed E-state index contributed by atoms with van der Waals surface area (Å²) in [4.78, 5) is 31.7. The first-order chi connectivity index (χ1) is 14.9. The molecule has 0 bridgehead atoms. The van der Waals surface area contributed by atoms with Gasteiger partial charge in [-0.25, -0.2) is 9.78 Å². The molecule has 9 N–H and O–H groups in total. The molecule has 0 spiro atoms. The van der Waals surface area contributed by atoms with Crippen LogP contribution in [0.2, 0.25) is 0 Å². The normalized spacial score (nSPS) is 11.8. The Balaban J connectivity index is 1.62. The number of anilines is 3. The van der Waals surface area contributed by atoms with E-state index < -0.39 is 17.9 Å². The molecule has 31 heavy (non-hydrogen) atoms. The highest BCUT2D eigenvalue weighted by molar-refractivity contribution is 5.96. The molecule has 1 unspecified atom stereocenters. The van der Waals surface area contributed by atoms with Crippen LogP contribution in [-0.4, -0.2) is 39.5 Å². The van der Waals surface area contributed by atoms with E-state index in [0.717, 1.165) is 16.6 Å². The first-order valence-corrected chi connectivity index (χ1v) is 9.76. The van der Waals surface area contributed by atoms with Crippen molar-refractivity contribution in [3.63, 3.8) is 0 Å². The molecular weight excluding hydrogens is 398 g/mol. The molecule has 0 aliphatic carbocycles. The molecule has 0 saturated carbocycles. The summed E-state index contributed by atoms with van der Waals surface area (Å²) in [5.74, 6) is -1.07. The Morgan fingerprint density at radius 3 is 2.48 bits per heavy atom. The third-order valence-corrected chi connectivity index (χ3v) is 4.75. The fraction of sp³-hybridized carbons (Fsp3) is 0.238. The number of nitrogens with two attached hydrogens (primary N) is 3. The van der Waals surface area contributed by atoms with E-state index in [1.165, 1.54) is 0 Å². The molecule has 3 rings (SSSR count). The fourth-order valence-corrected chi connectivity index (χ4v) is 3.09. The van der Waals surface area contributed by atoms with Crippen molar-refractivity contribution in [1.29, 1.82) is 0 Å². The maximum absolute atomic E-state index is 12.3. The summed E-state index contributed by atoms with van der Waals surface area (Å²) in [6.45, 7) is 0.885. The Morgan fingerprint density at radius 2 is 1.81 bits per heavy atom. The number of nitrogens with zero attached hydrogens (tertiary/aromatic N) is 2. The van der Waals surface area contributed by atoms with Gasteiger partial charge in [0, 0.05) is 23.2 Å². The van der Waals surface area contributed by atoms with Gasteiger partial charge in [0.1, 0.15) is 11.9 Å². The van der Waals surface area contributed by atoms with Gasteiger partial charge in [0.2, 0.25) is 5.95 Å². The number of aromatic nitrogens is 2. The maximum atomic E-state index is 12.3. The molecule has 1 aromatic heterocycles. The van der Waals surface area contributed by atoms with E-state index in [9.17, 15) is 14.7 Å². The van der Waals surface area contributed by atoms with Gasteiger partial charge in [0.15, 0.2) is 0 Å². The van der Waals surface area contributed by atoms with E-state index in [4.69, 9.17) is 17.2 Å². The number of fused-ring (bicyclic) bond motifs is 1. The van der Waals surface area contributed by atoms with Crippen molar-refractivity contribution in [2.45, 2.75) is 25.4 Å². The first kappa shape index (κ1) is 21.8. The lowest BCUT2D eigenvalue weighted by molar-refractivity contribution is -0.139. The highest BCUT2D eigenvalue weighted by atomic mass is 16.4. The highest BCUT2D eigenvalue weighted by Gasteiger charge is 2.20. The number of hydrogen-bond donors (Lipinski definition) is 6. The molecule has 10 heteroatoms. The van der Waals surface area contributed by atoms with E-state index in [1.807, 2.05) is 18.2 Å². The van der Waals surface area contributed by atoms with Crippen molar-refractivity contribution in [3.05, 3.63) is 53.6 Å². The summed E-state index contributed by atoms with van der Waals surface area (Å²) in [5, 5.41) is 15.7. The molecule has 2 aromatic carbocycles. The largest absolute Gasteiger partial charge is 0.480 e. The molecule has 0 radical (unpaired) electrons. The van der Waals surface area contributed by atoms with Crippen LogP contribution < -0.4 is 27.8 Å². The summed E-state index contributed by atoms with van der Waals surface area (Å²) < 4.78 is 0. The zero-order chi connectivity index (χ0) is 22.4. The number of rotatable bonds is 9. The lowest BCUT2D eigenvalue weighted by Gasteiger charge is -2.14. The van der Waals surface area contributed by atoms with Gasteiger partial charge in [-0.1, -0.05) is 6.07 Å². The number of amides is 1. The van der Waals surface area contributed by atoms with Gasteiger partial charge in [0.05, 0.1) is 5.52 Å². The van der Waals surface area contributed by atoms with Crippen LogP contribution in [0.25, 0.3) is 10.9 Å². The summed E-state index contributed by atoms with van der Waals surface area (Å²) in [6.07, 6.45) is 0.797. The molecule has 0 saturated heterocycles. The third-order valence-electron chi connectivity index (χ3n) is 4.75. The molecule has 162 valence electrons. The van der Waals surface area contributed by atoms with Crippen LogP contribution in [0, 0.1) is 0 Å². The zero-order valence-corrected chi connectivity index (χ0v) is 16.8. The predicted molar refractivity (Wildman–Crippen MR) is 119 cm³/mol. The molecule has 1 amide bonds. The molecule has 1 heterocycles. The molecule has 0 aliphatic heterocycles. The van der Waals surface area contributed by atoms with Gasteiger partial charge < -0.3 is 32.9 Å². The third kappa shape index (κ3) is 5.58. The lowest BCUT2D eigenvalue weighted by Crippen LogP contribution is -2.41. The average Bonchev–Trinajstić information content (AvgIpc) is 2.75. The topological polar surface area (TPSA) is 182 Å². The lowest BCUT2D eigenvalue weighted by atomic mass is 10.1. The Labute approximate surface area is 178 Å². The Bertz CT molecular complexity index is 1090. The minimum absolute atomic E-state index is 0.133. The minimum Gasteiger partial charge on any atom is -0.480 e. The molecule has 1 atom stereocenters. The van der Waals surface area contributed by atoms with Gasteiger partial charge in [-0.2, -0.15) is 4.98 Å². The second-order valence-corrected chi connectivity index (χ2v) is 7.04. The molecule has 10 nitrogen and oxygen atoms in total. The zero-order valence-electron chi connectivity index (χ0n) is 16.8. The van der Waals surface area contributed by atoms with Crippen LogP contribution in [0.3, 0.4) is 0 Å². The first-order valence-electron chi connectivity index (χ1n) is 9.76. The summed E-state index contributed by atoms with van der Waals surface area (Å²) in [7, 11) is 0. The van der Waals surface area contributed by atoms with E-state index in [1.54, 1.807) is 24.3 Å². The number of nitrogens with one attached hydrogen (secondary N) is 2. The number of carbonyl (C=O) groups is 2. The number of aliphatic carboxylic acids is 1. The van der Waals surface area contributed by atoms with Crippen molar-refractivity contribution in [3.8, 4) is 0 Å². The van der Waals surface area contributed by atoms with E-state index in [2.05, 4.69) is 20.6 Å². The van der Waals surface area contributed by atoms with Gasteiger partial charge in [-0.15, -0.1) is 0 Å². The minimum atomic E-state index is -1.08. The van der Waals surface area contributed by atoms with E-state index >= 15 is 0 Å². The number of carboxylic acid groups (broad SMARTS) is 1. The van der Waals surface area contributed by atoms with E-state index in [0.29, 0.717) is 36.4 Å². The van der Waals surface area contributed by atoms with E-state index in [-0.39, 0.29) is 12.4 Å². The number of nitrogen functional groups attached to an aromatic ring is 2. The molecule has 3 aromatic rings. The Morgan fingerprint density at radius 1 is 1.06 bits per heavy atom. The van der Waals surface area contributed by atoms with Crippen LogP contribution in [0.15, 0.2) is 42.5 Å². The summed E-state index contributed by atoms with van der Waals surface area (Å²) in [6, 6.07) is 11.4. The van der Waals surface area contributed by atoms with Crippen molar-refractivity contribution in [2.24, 2.45) is 5.73 Å². The van der Waals surface area contributed by atoms with Gasteiger partial charge in [-0.05, 0) is 61.3 Å². The van der Waals surface area contributed by atoms with Crippen LogP contribution in [0.4, 0.5) is 17.5 Å². The van der Waals surface area contributed by atoms with Crippen molar-refractivity contribution >= 4 is 40.2 Å². The van der Waals surface area contributed by atoms with Crippen molar-refractivity contribution < 1.29 is 14.7 Å². The number of hydrogen-bond acceptors (Lipinski definition) is 8. The molecule has 0 fully saturated rings. The van der Waals surface area contributed by atoms with Crippen LogP contribution in [0.1, 0.15) is 28.8 Å². The van der Waals surface area contributed by atoms with Gasteiger partial charge >= 0.3 is 5.97 Å². The highest BCUT2D eigenvalue weighted by Crippen LogP contribution is 2.21. The second kappa shape index (κ2) is 9.72. The summed E-state index contributed by atoms with van der Waals surface area (Å²) >= 11 is 0. The van der Waals surface area contributed by atoms with Crippen LogP contribution in [0.5, 0.6) is 0 Å². The van der Waals surface area contributed by atoms with Crippen LogP contribution >= 0.6 is 0 Å². The molecule has 0 aliphatic rings. The average molecular weight is 423 g/mol. The predicted octanol–water partition coefficient (Wildman–Crippen LogP) is 1.33. The number of carbonyl (C=O) groups excluding carboxylic acids is 1. The van der Waals surface area contributed by atoms with Crippen LogP contribution in [-0.2, 0) is 11.3 Å². The SMILES string of the molecule is NCCCC(NC(=O)c1ccc(NCc2ccc3nc(N)nc(N)c3c2)cc1)C(=O)O.